The predicted octanol–water partition coefficient (Wildman–Crippen LogP) is 3.05. The van der Waals surface area contributed by atoms with Crippen LogP contribution >= 0.6 is 15.9 Å². The van der Waals surface area contributed by atoms with Crippen molar-refractivity contribution in [3.05, 3.63) is 33.8 Å². The summed E-state index contributed by atoms with van der Waals surface area (Å²) in [6.07, 6.45) is 1.14. The second kappa shape index (κ2) is 5.30. The summed E-state index contributed by atoms with van der Waals surface area (Å²) in [5, 5.41) is 3.41. The van der Waals surface area contributed by atoms with E-state index in [1.54, 1.807) is 0 Å². The number of hydrogen-bond acceptors (Lipinski definition) is 2. The fourth-order valence-corrected chi connectivity index (χ4v) is 3.09. The first-order chi connectivity index (χ1) is 7.72. The maximum absolute atomic E-state index is 5.47. The van der Waals surface area contributed by atoms with E-state index < -0.39 is 0 Å². The van der Waals surface area contributed by atoms with E-state index in [0.717, 1.165) is 19.6 Å². The van der Waals surface area contributed by atoms with Crippen molar-refractivity contribution >= 4 is 15.9 Å². The molecule has 0 bridgehead atoms. The van der Waals surface area contributed by atoms with Crippen molar-refractivity contribution in [2.24, 2.45) is 5.92 Å². The van der Waals surface area contributed by atoms with Gasteiger partial charge in [-0.2, -0.15) is 0 Å². The van der Waals surface area contributed by atoms with Crippen LogP contribution in [0.1, 0.15) is 23.6 Å². The van der Waals surface area contributed by atoms with Gasteiger partial charge < -0.3 is 10.1 Å². The van der Waals surface area contributed by atoms with Crippen LogP contribution in [-0.4, -0.2) is 20.3 Å². The van der Waals surface area contributed by atoms with Crippen LogP contribution < -0.4 is 5.32 Å². The molecule has 2 nitrogen and oxygen atoms in total. The molecule has 16 heavy (non-hydrogen) atoms. The molecule has 1 fully saturated rings. The molecular formula is C13H18BrNO. The molecule has 1 aliphatic heterocycles. The summed E-state index contributed by atoms with van der Waals surface area (Å²) in [4.78, 5) is 0. The molecule has 1 N–H and O–H groups in total. The van der Waals surface area contributed by atoms with Crippen molar-refractivity contribution in [1.29, 1.82) is 0 Å². The van der Waals surface area contributed by atoms with Gasteiger partial charge in [-0.3, -0.25) is 0 Å². The van der Waals surface area contributed by atoms with Crippen LogP contribution in [-0.2, 0) is 4.74 Å². The number of benzene rings is 1. The van der Waals surface area contributed by atoms with Gasteiger partial charge in [0.05, 0.1) is 6.61 Å². The summed E-state index contributed by atoms with van der Waals surface area (Å²) in [5.41, 5.74) is 2.62. The fourth-order valence-electron chi connectivity index (χ4n) is 2.35. The Morgan fingerprint density at radius 1 is 1.50 bits per heavy atom. The summed E-state index contributed by atoms with van der Waals surface area (Å²) in [7, 11) is 2.02. The molecule has 1 heterocycles. The SMILES string of the molecule is CNC(c1ccc(C)cc1Br)C1CCOC1. The van der Waals surface area contributed by atoms with Crippen LogP contribution in [0.3, 0.4) is 0 Å². The molecule has 1 aromatic rings. The molecule has 1 aliphatic rings. The lowest BCUT2D eigenvalue weighted by atomic mass is 9.92. The predicted molar refractivity (Wildman–Crippen MR) is 69.6 cm³/mol. The number of aryl methyl sites for hydroxylation is 1. The second-order valence-electron chi connectivity index (χ2n) is 4.41. The maximum atomic E-state index is 5.47. The minimum atomic E-state index is 0.387. The molecule has 0 aromatic heterocycles. The third-order valence-electron chi connectivity index (χ3n) is 3.24. The molecule has 3 heteroatoms. The van der Waals surface area contributed by atoms with Crippen LogP contribution in [0.15, 0.2) is 22.7 Å². The first kappa shape index (κ1) is 12.1. The smallest absolute Gasteiger partial charge is 0.0513 e. The van der Waals surface area contributed by atoms with Gasteiger partial charge in [0.15, 0.2) is 0 Å². The van der Waals surface area contributed by atoms with E-state index in [1.807, 2.05) is 7.05 Å². The highest BCUT2D eigenvalue weighted by molar-refractivity contribution is 9.10. The van der Waals surface area contributed by atoms with Gasteiger partial charge in [0.1, 0.15) is 0 Å². The first-order valence-corrected chi connectivity index (χ1v) is 6.52. The van der Waals surface area contributed by atoms with E-state index in [0.29, 0.717) is 12.0 Å². The molecular weight excluding hydrogens is 266 g/mol. The van der Waals surface area contributed by atoms with Gasteiger partial charge >= 0.3 is 0 Å². The first-order valence-electron chi connectivity index (χ1n) is 5.73. The number of nitrogens with one attached hydrogen (secondary N) is 1. The Balaban J connectivity index is 2.25. The summed E-state index contributed by atoms with van der Waals surface area (Å²) < 4.78 is 6.66. The highest BCUT2D eigenvalue weighted by Gasteiger charge is 2.26. The summed E-state index contributed by atoms with van der Waals surface area (Å²) in [5.74, 6) is 0.587. The Hall–Kier alpha value is -0.380. The van der Waals surface area contributed by atoms with Crippen LogP contribution in [0, 0.1) is 12.8 Å². The van der Waals surface area contributed by atoms with Crippen molar-refractivity contribution in [3.63, 3.8) is 0 Å². The number of hydrogen-bond donors (Lipinski definition) is 1. The van der Waals surface area contributed by atoms with E-state index in [9.17, 15) is 0 Å². The largest absolute Gasteiger partial charge is 0.381 e. The Labute approximate surface area is 106 Å². The Kier molecular flexibility index (Phi) is 4.00. The monoisotopic (exact) mass is 283 g/mol. The maximum Gasteiger partial charge on any atom is 0.0513 e. The molecule has 88 valence electrons. The van der Waals surface area contributed by atoms with Crippen molar-refractivity contribution in [2.45, 2.75) is 19.4 Å². The third-order valence-corrected chi connectivity index (χ3v) is 3.93. The lowest BCUT2D eigenvalue weighted by Crippen LogP contribution is -2.25. The van der Waals surface area contributed by atoms with E-state index in [4.69, 9.17) is 4.74 Å². The summed E-state index contributed by atoms with van der Waals surface area (Å²) in [6, 6.07) is 6.94. The molecule has 2 atom stereocenters. The minimum Gasteiger partial charge on any atom is -0.381 e. The average molecular weight is 284 g/mol. The average Bonchev–Trinajstić information content (AvgIpc) is 2.75. The summed E-state index contributed by atoms with van der Waals surface area (Å²) in [6.45, 7) is 3.87. The van der Waals surface area contributed by atoms with E-state index in [-0.39, 0.29) is 0 Å². The molecule has 1 aromatic carbocycles. The zero-order chi connectivity index (χ0) is 11.5. The highest BCUT2D eigenvalue weighted by atomic mass is 79.9. The molecule has 1 saturated heterocycles. The zero-order valence-electron chi connectivity index (χ0n) is 9.79. The third kappa shape index (κ3) is 2.47. The van der Waals surface area contributed by atoms with Gasteiger partial charge in [0.25, 0.3) is 0 Å². The van der Waals surface area contributed by atoms with E-state index >= 15 is 0 Å². The minimum absolute atomic E-state index is 0.387. The molecule has 0 amide bonds. The van der Waals surface area contributed by atoms with Gasteiger partial charge in [0, 0.05) is 23.0 Å². The molecule has 0 aliphatic carbocycles. The van der Waals surface area contributed by atoms with Crippen LogP contribution in [0.2, 0.25) is 0 Å². The van der Waals surface area contributed by atoms with Crippen molar-refractivity contribution in [3.8, 4) is 0 Å². The molecule has 0 radical (unpaired) electrons. The van der Waals surface area contributed by atoms with Gasteiger partial charge in [-0.25, -0.2) is 0 Å². The topological polar surface area (TPSA) is 21.3 Å². The van der Waals surface area contributed by atoms with Gasteiger partial charge in [-0.05, 0) is 37.6 Å². The number of halogens is 1. The van der Waals surface area contributed by atoms with Crippen LogP contribution in [0.25, 0.3) is 0 Å². The van der Waals surface area contributed by atoms with Crippen molar-refractivity contribution in [2.75, 3.05) is 20.3 Å². The molecule has 2 unspecified atom stereocenters. The Bertz CT molecular complexity index is 361. The fraction of sp³-hybridized carbons (Fsp3) is 0.538. The van der Waals surface area contributed by atoms with Crippen LogP contribution in [0.4, 0.5) is 0 Å². The standard InChI is InChI=1S/C13H18BrNO/c1-9-3-4-11(12(14)7-9)13(15-2)10-5-6-16-8-10/h3-4,7,10,13,15H,5-6,8H2,1-2H3. The lowest BCUT2D eigenvalue weighted by molar-refractivity contribution is 0.177. The van der Waals surface area contributed by atoms with E-state index in [1.165, 1.54) is 15.6 Å². The Morgan fingerprint density at radius 3 is 2.88 bits per heavy atom. The molecule has 0 saturated carbocycles. The van der Waals surface area contributed by atoms with Gasteiger partial charge in [0.2, 0.25) is 0 Å². The molecule has 2 rings (SSSR count). The van der Waals surface area contributed by atoms with Crippen molar-refractivity contribution in [1.82, 2.24) is 5.32 Å². The number of rotatable bonds is 3. The van der Waals surface area contributed by atoms with E-state index in [2.05, 4.69) is 46.4 Å². The second-order valence-corrected chi connectivity index (χ2v) is 5.27. The van der Waals surface area contributed by atoms with Crippen molar-refractivity contribution < 1.29 is 4.74 Å². The zero-order valence-corrected chi connectivity index (χ0v) is 11.4. The highest BCUT2D eigenvalue weighted by Crippen LogP contribution is 2.33. The van der Waals surface area contributed by atoms with Gasteiger partial charge in [-0.1, -0.05) is 28.1 Å². The van der Waals surface area contributed by atoms with Gasteiger partial charge in [-0.15, -0.1) is 0 Å². The quantitative estimate of drug-likeness (QED) is 0.921. The summed E-state index contributed by atoms with van der Waals surface area (Å²) >= 11 is 3.65. The number of ether oxygens (including phenoxy) is 1. The molecule has 0 spiro atoms. The van der Waals surface area contributed by atoms with Crippen LogP contribution in [0.5, 0.6) is 0 Å². The normalized spacial score (nSPS) is 22.3. The lowest BCUT2D eigenvalue weighted by Gasteiger charge is -2.23. The Morgan fingerprint density at radius 2 is 2.31 bits per heavy atom.